The highest BCUT2D eigenvalue weighted by atomic mass is 35.5. The Morgan fingerprint density at radius 1 is 1.08 bits per heavy atom. The van der Waals surface area contributed by atoms with Crippen LogP contribution in [0.3, 0.4) is 0 Å². The molecule has 0 aliphatic carbocycles. The van der Waals surface area contributed by atoms with Gasteiger partial charge < -0.3 is 5.32 Å². The van der Waals surface area contributed by atoms with E-state index in [9.17, 15) is 13.2 Å². The van der Waals surface area contributed by atoms with Crippen molar-refractivity contribution < 1.29 is 13.2 Å². The number of rotatable bonds is 6. The van der Waals surface area contributed by atoms with Gasteiger partial charge in [-0.2, -0.15) is 0 Å². The van der Waals surface area contributed by atoms with Gasteiger partial charge in [0.15, 0.2) is 0 Å². The summed E-state index contributed by atoms with van der Waals surface area (Å²) in [6, 6.07) is 12.1. The topological polar surface area (TPSA) is 75.3 Å². The van der Waals surface area contributed by atoms with E-state index in [1.54, 1.807) is 49.4 Å². The van der Waals surface area contributed by atoms with Crippen molar-refractivity contribution in [3.05, 3.63) is 64.2 Å². The molecular formula is C17H19ClN2O3S. The minimum absolute atomic E-state index is 0.179. The van der Waals surface area contributed by atoms with Gasteiger partial charge >= 0.3 is 0 Å². The van der Waals surface area contributed by atoms with Crippen molar-refractivity contribution in [1.82, 2.24) is 10.0 Å². The lowest BCUT2D eigenvalue weighted by molar-refractivity contribution is -0.120. The van der Waals surface area contributed by atoms with Gasteiger partial charge in [-0.05, 0) is 43.2 Å². The molecule has 128 valence electrons. The Hall–Kier alpha value is -1.89. The summed E-state index contributed by atoms with van der Waals surface area (Å²) in [4.78, 5) is 12.0. The highest BCUT2D eigenvalue weighted by Gasteiger charge is 2.17. The van der Waals surface area contributed by atoms with Gasteiger partial charge in [0.1, 0.15) is 0 Å². The van der Waals surface area contributed by atoms with Crippen LogP contribution in [0.5, 0.6) is 0 Å². The van der Waals surface area contributed by atoms with E-state index in [0.29, 0.717) is 17.1 Å². The Morgan fingerprint density at radius 3 is 2.38 bits per heavy atom. The second-order valence-corrected chi connectivity index (χ2v) is 7.67. The molecule has 2 aromatic rings. The molecule has 0 aliphatic rings. The van der Waals surface area contributed by atoms with E-state index in [0.717, 1.165) is 11.1 Å². The second kappa shape index (κ2) is 7.79. The SMILES string of the molecule is Cc1ccc(S(=O)(=O)NCC(=O)NCc2ccc(Cl)cc2)c(C)c1. The van der Waals surface area contributed by atoms with Crippen molar-refractivity contribution in [3.8, 4) is 0 Å². The maximum absolute atomic E-state index is 12.3. The van der Waals surface area contributed by atoms with Gasteiger partial charge in [-0.1, -0.05) is 41.4 Å². The summed E-state index contributed by atoms with van der Waals surface area (Å²) in [5.41, 5.74) is 2.50. The van der Waals surface area contributed by atoms with Gasteiger partial charge in [0, 0.05) is 11.6 Å². The van der Waals surface area contributed by atoms with Crippen LogP contribution in [0, 0.1) is 13.8 Å². The summed E-state index contributed by atoms with van der Waals surface area (Å²) in [7, 11) is -3.72. The molecule has 0 radical (unpaired) electrons. The van der Waals surface area contributed by atoms with Crippen LogP contribution in [0.15, 0.2) is 47.4 Å². The van der Waals surface area contributed by atoms with Gasteiger partial charge in [0.05, 0.1) is 11.4 Å². The van der Waals surface area contributed by atoms with Crippen molar-refractivity contribution in [3.63, 3.8) is 0 Å². The number of benzene rings is 2. The first-order valence-corrected chi connectivity index (χ1v) is 9.22. The number of halogens is 1. The molecule has 0 saturated heterocycles. The van der Waals surface area contributed by atoms with Crippen molar-refractivity contribution in [2.24, 2.45) is 0 Å². The number of sulfonamides is 1. The third-order valence-electron chi connectivity index (χ3n) is 3.45. The molecule has 0 atom stereocenters. The zero-order valence-corrected chi connectivity index (χ0v) is 15.0. The highest BCUT2D eigenvalue weighted by Crippen LogP contribution is 2.16. The molecular weight excluding hydrogens is 348 g/mol. The summed E-state index contributed by atoms with van der Waals surface area (Å²) >= 11 is 5.79. The van der Waals surface area contributed by atoms with Crippen molar-refractivity contribution in [1.29, 1.82) is 0 Å². The summed E-state index contributed by atoms with van der Waals surface area (Å²) in [6.45, 7) is 3.60. The molecule has 0 bridgehead atoms. The van der Waals surface area contributed by atoms with Crippen LogP contribution in [-0.2, 0) is 21.4 Å². The van der Waals surface area contributed by atoms with Gasteiger partial charge in [0.25, 0.3) is 0 Å². The Kier molecular flexibility index (Phi) is 5.99. The van der Waals surface area contributed by atoms with Gasteiger partial charge in [0.2, 0.25) is 15.9 Å². The molecule has 0 unspecified atom stereocenters. The third kappa shape index (κ3) is 5.06. The predicted octanol–water partition coefficient (Wildman–Crippen LogP) is 2.55. The summed E-state index contributed by atoms with van der Waals surface area (Å²) in [6.07, 6.45) is 0. The van der Waals surface area contributed by atoms with E-state index in [-0.39, 0.29) is 11.4 Å². The summed E-state index contributed by atoms with van der Waals surface area (Å²) < 4.78 is 26.9. The first-order chi connectivity index (χ1) is 11.3. The van der Waals surface area contributed by atoms with E-state index in [4.69, 9.17) is 11.6 Å². The standard InChI is InChI=1S/C17H19ClN2O3S/c1-12-3-8-16(13(2)9-12)24(22,23)20-11-17(21)19-10-14-4-6-15(18)7-5-14/h3-9,20H,10-11H2,1-2H3,(H,19,21). The second-order valence-electron chi connectivity index (χ2n) is 5.50. The molecule has 5 nitrogen and oxygen atoms in total. The molecule has 0 spiro atoms. The van der Waals surface area contributed by atoms with E-state index >= 15 is 0 Å². The zero-order chi connectivity index (χ0) is 17.7. The molecule has 0 saturated carbocycles. The fourth-order valence-corrected chi connectivity index (χ4v) is 3.54. The average molecular weight is 367 g/mol. The van der Waals surface area contributed by atoms with E-state index in [2.05, 4.69) is 10.0 Å². The number of amides is 1. The molecule has 2 rings (SSSR count). The van der Waals surface area contributed by atoms with Crippen LogP contribution in [-0.4, -0.2) is 20.9 Å². The van der Waals surface area contributed by atoms with Gasteiger partial charge in [-0.15, -0.1) is 0 Å². The largest absolute Gasteiger partial charge is 0.351 e. The Balaban J connectivity index is 1.91. The van der Waals surface area contributed by atoms with E-state index in [1.807, 2.05) is 6.92 Å². The van der Waals surface area contributed by atoms with Crippen LogP contribution in [0.2, 0.25) is 5.02 Å². The van der Waals surface area contributed by atoms with Crippen molar-refractivity contribution in [2.75, 3.05) is 6.54 Å². The van der Waals surface area contributed by atoms with Crippen LogP contribution in [0.25, 0.3) is 0 Å². The fourth-order valence-electron chi connectivity index (χ4n) is 2.20. The third-order valence-corrected chi connectivity index (χ3v) is 5.26. The van der Waals surface area contributed by atoms with Gasteiger partial charge in [-0.25, -0.2) is 13.1 Å². The first kappa shape index (κ1) is 18.4. The lowest BCUT2D eigenvalue weighted by Gasteiger charge is -2.10. The number of hydrogen-bond acceptors (Lipinski definition) is 3. The fraction of sp³-hybridized carbons (Fsp3) is 0.235. The Bertz CT molecular complexity index is 833. The summed E-state index contributed by atoms with van der Waals surface area (Å²) in [5.74, 6) is -0.404. The van der Waals surface area contributed by atoms with Crippen molar-refractivity contribution >= 4 is 27.5 Å². The maximum Gasteiger partial charge on any atom is 0.241 e. The highest BCUT2D eigenvalue weighted by molar-refractivity contribution is 7.89. The summed E-state index contributed by atoms with van der Waals surface area (Å²) in [5, 5.41) is 3.27. The molecule has 7 heteroatoms. The predicted molar refractivity (Wildman–Crippen MR) is 94.4 cm³/mol. The Labute approximate surface area is 147 Å². The molecule has 0 aromatic heterocycles. The molecule has 0 aliphatic heterocycles. The number of carbonyl (C=O) groups is 1. The number of aryl methyl sites for hydroxylation is 2. The first-order valence-electron chi connectivity index (χ1n) is 7.36. The van der Waals surface area contributed by atoms with Crippen LogP contribution >= 0.6 is 11.6 Å². The lowest BCUT2D eigenvalue weighted by atomic mass is 10.2. The average Bonchev–Trinajstić information content (AvgIpc) is 2.52. The minimum Gasteiger partial charge on any atom is -0.351 e. The smallest absolute Gasteiger partial charge is 0.241 e. The molecule has 24 heavy (non-hydrogen) atoms. The van der Waals surface area contributed by atoms with Crippen LogP contribution in [0.1, 0.15) is 16.7 Å². The van der Waals surface area contributed by atoms with Crippen molar-refractivity contribution in [2.45, 2.75) is 25.3 Å². The molecule has 2 N–H and O–H groups in total. The van der Waals surface area contributed by atoms with Gasteiger partial charge in [-0.3, -0.25) is 4.79 Å². The number of carbonyl (C=O) groups excluding carboxylic acids is 1. The molecule has 1 amide bonds. The number of hydrogen-bond donors (Lipinski definition) is 2. The normalized spacial score (nSPS) is 11.3. The van der Waals surface area contributed by atoms with E-state index < -0.39 is 15.9 Å². The molecule has 0 fully saturated rings. The number of nitrogens with one attached hydrogen (secondary N) is 2. The quantitative estimate of drug-likeness (QED) is 0.825. The maximum atomic E-state index is 12.3. The molecule has 2 aromatic carbocycles. The zero-order valence-electron chi connectivity index (χ0n) is 13.5. The Morgan fingerprint density at radius 2 is 1.75 bits per heavy atom. The van der Waals surface area contributed by atoms with Crippen LogP contribution in [0.4, 0.5) is 0 Å². The van der Waals surface area contributed by atoms with Crippen LogP contribution < -0.4 is 10.0 Å². The van der Waals surface area contributed by atoms with E-state index in [1.165, 1.54) is 0 Å². The monoisotopic (exact) mass is 366 g/mol. The molecule has 0 heterocycles. The lowest BCUT2D eigenvalue weighted by Crippen LogP contribution is -2.36. The minimum atomic E-state index is -3.72.